The largest absolute Gasteiger partial charge is 0.497 e. The zero-order valence-electron chi connectivity index (χ0n) is 12.3. The molecule has 0 heterocycles. The van der Waals surface area contributed by atoms with Crippen LogP contribution in [-0.4, -0.2) is 19.6 Å². The average molecular weight is 284 g/mol. The molecule has 0 aliphatic heterocycles. The van der Waals surface area contributed by atoms with Crippen LogP contribution in [0.15, 0.2) is 42.5 Å². The van der Waals surface area contributed by atoms with Crippen molar-refractivity contribution >= 4 is 11.6 Å². The second-order valence-electron chi connectivity index (χ2n) is 4.89. The van der Waals surface area contributed by atoms with Crippen LogP contribution >= 0.6 is 0 Å². The Balaban J connectivity index is 1.92. The molecule has 0 aliphatic carbocycles. The molecule has 2 aromatic carbocycles. The molecular formula is C17H20N2O2. The van der Waals surface area contributed by atoms with Crippen molar-refractivity contribution in [3.05, 3.63) is 59.2 Å². The van der Waals surface area contributed by atoms with Gasteiger partial charge in [-0.3, -0.25) is 4.79 Å². The molecule has 0 spiro atoms. The Hall–Kier alpha value is -2.49. The molecule has 0 radical (unpaired) electrons. The van der Waals surface area contributed by atoms with Crippen molar-refractivity contribution in [3.63, 3.8) is 0 Å². The Bertz CT molecular complexity index is 601. The smallest absolute Gasteiger partial charge is 0.253 e. The lowest BCUT2D eigenvalue weighted by Gasteiger charge is -2.10. The number of methoxy groups -OCH3 is 1. The number of nitrogen functional groups attached to an aromatic ring is 1. The second-order valence-corrected chi connectivity index (χ2v) is 4.89. The quantitative estimate of drug-likeness (QED) is 0.829. The Morgan fingerprint density at radius 2 is 1.90 bits per heavy atom. The minimum Gasteiger partial charge on any atom is -0.497 e. The monoisotopic (exact) mass is 284 g/mol. The maximum absolute atomic E-state index is 12.2. The van der Waals surface area contributed by atoms with Crippen LogP contribution in [0, 0.1) is 6.92 Å². The van der Waals surface area contributed by atoms with Crippen molar-refractivity contribution in [1.82, 2.24) is 5.32 Å². The third kappa shape index (κ3) is 3.75. The molecule has 0 atom stereocenters. The van der Waals surface area contributed by atoms with E-state index in [9.17, 15) is 4.79 Å². The number of hydrogen-bond acceptors (Lipinski definition) is 3. The molecule has 0 fully saturated rings. The topological polar surface area (TPSA) is 64.3 Å². The lowest BCUT2D eigenvalue weighted by atomic mass is 10.1. The number of anilines is 1. The number of rotatable bonds is 5. The first-order valence-corrected chi connectivity index (χ1v) is 6.88. The van der Waals surface area contributed by atoms with Crippen LogP contribution in [-0.2, 0) is 6.42 Å². The average Bonchev–Trinajstić information content (AvgIpc) is 2.48. The van der Waals surface area contributed by atoms with Crippen LogP contribution in [0.4, 0.5) is 5.69 Å². The molecule has 0 saturated carbocycles. The molecular weight excluding hydrogens is 264 g/mol. The molecule has 0 aliphatic rings. The number of carbonyl (C=O) groups is 1. The highest BCUT2D eigenvalue weighted by molar-refractivity contribution is 6.00. The molecule has 0 saturated heterocycles. The summed E-state index contributed by atoms with van der Waals surface area (Å²) in [6.07, 6.45) is 0.765. The van der Waals surface area contributed by atoms with Gasteiger partial charge in [0.1, 0.15) is 5.75 Å². The van der Waals surface area contributed by atoms with Crippen molar-refractivity contribution in [2.75, 3.05) is 19.4 Å². The molecule has 0 bridgehead atoms. The first-order chi connectivity index (χ1) is 10.1. The fourth-order valence-electron chi connectivity index (χ4n) is 2.20. The van der Waals surface area contributed by atoms with Gasteiger partial charge >= 0.3 is 0 Å². The van der Waals surface area contributed by atoms with Crippen molar-refractivity contribution in [2.45, 2.75) is 13.3 Å². The third-order valence-electron chi connectivity index (χ3n) is 3.39. The summed E-state index contributed by atoms with van der Waals surface area (Å²) in [6.45, 7) is 2.45. The van der Waals surface area contributed by atoms with Crippen LogP contribution < -0.4 is 15.8 Å². The van der Waals surface area contributed by atoms with E-state index in [1.54, 1.807) is 13.2 Å². The van der Waals surface area contributed by atoms with Crippen molar-refractivity contribution in [1.29, 1.82) is 0 Å². The zero-order chi connectivity index (χ0) is 15.2. The molecule has 21 heavy (non-hydrogen) atoms. The van der Waals surface area contributed by atoms with Crippen molar-refractivity contribution < 1.29 is 9.53 Å². The summed E-state index contributed by atoms with van der Waals surface area (Å²) in [5, 5.41) is 2.91. The number of amides is 1. The molecule has 2 aromatic rings. The third-order valence-corrected chi connectivity index (χ3v) is 3.39. The number of ether oxygens (including phenoxy) is 1. The summed E-state index contributed by atoms with van der Waals surface area (Å²) >= 11 is 0. The molecule has 3 N–H and O–H groups in total. The highest BCUT2D eigenvalue weighted by atomic mass is 16.5. The fraction of sp³-hybridized carbons (Fsp3) is 0.235. The minimum atomic E-state index is -0.126. The van der Waals surface area contributed by atoms with Gasteiger partial charge in [0.15, 0.2) is 0 Å². The van der Waals surface area contributed by atoms with Gasteiger partial charge < -0.3 is 15.8 Å². The van der Waals surface area contributed by atoms with Crippen LogP contribution in [0.3, 0.4) is 0 Å². The summed E-state index contributed by atoms with van der Waals surface area (Å²) in [5.74, 6) is 0.703. The van der Waals surface area contributed by atoms with E-state index in [1.807, 2.05) is 43.3 Å². The van der Waals surface area contributed by atoms with Gasteiger partial charge in [0.05, 0.1) is 12.7 Å². The SMILES string of the molecule is COc1ccc(CCNC(=O)c2c(C)cccc2N)cc1. The Kier molecular flexibility index (Phi) is 4.82. The van der Waals surface area contributed by atoms with Gasteiger partial charge in [0, 0.05) is 12.2 Å². The van der Waals surface area contributed by atoms with Crippen molar-refractivity contribution in [3.8, 4) is 5.75 Å². The molecule has 4 heteroatoms. The summed E-state index contributed by atoms with van der Waals surface area (Å²) < 4.78 is 5.11. The predicted octanol–water partition coefficient (Wildman–Crippen LogP) is 2.56. The molecule has 0 aromatic heterocycles. The molecule has 1 amide bonds. The maximum Gasteiger partial charge on any atom is 0.253 e. The summed E-state index contributed by atoms with van der Waals surface area (Å²) in [7, 11) is 1.64. The van der Waals surface area contributed by atoms with E-state index in [0.29, 0.717) is 17.8 Å². The van der Waals surface area contributed by atoms with E-state index in [0.717, 1.165) is 23.3 Å². The number of nitrogens with one attached hydrogen (secondary N) is 1. The Labute approximate surface area is 124 Å². The van der Waals surface area contributed by atoms with Gasteiger partial charge in [0.2, 0.25) is 0 Å². The fourth-order valence-corrected chi connectivity index (χ4v) is 2.20. The predicted molar refractivity (Wildman–Crippen MR) is 84.6 cm³/mol. The zero-order valence-corrected chi connectivity index (χ0v) is 12.3. The summed E-state index contributed by atoms with van der Waals surface area (Å²) in [4.78, 5) is 12.2. The number of nitrogens with two attached hydrogens (primary N) is 1. The van der Waals surface area contributed by atoms with E-state index < -0.39 is 0 Å². The Morgan fingerprint density at radius 3 is 2.52 bits per heavy atom. The number of hydrogen-bond donors (Lipinski definition) is 2. The van der Waals surface area contributed by atoms with Crippen LogP contribution in [0.2, 0.25) is 0 Å². The van der Waals surface area contributed by atoms with Gasteiger partial charge in [-0.15, -0.1) is 0 Å². The first kappa shape index (κ1) is 14.9. The van der Waals surface area contributed by atoms with E-state index in [4.69, 9.17) is 10.5 Å². The standard InChI is InChI=1S/C17H20N2O2/c1-12-4-3-5-15(18)16(12)17(20)19-11-10-13-6-8-14(21-2)9-7-13/h3-9H,10-11,18H2,1-2H3,(H,19,20). The lowest BCUT2D eigenvalue weighted by molar-refractivity contribution is 0.0954. The van der Waals surface area contributed by atoms with E-state index >= 15 is 0 Å². The number of aryl methyl sites for hydroxylation is 1. The van der Waals surface area contributed by atoms with Crippen LogP contribution in [0.1, 0.15) is 21.5 Å². The highest BCUT2D eigenvalue weighted by Crippen LogP contribution is 2.16. The number of carbonyl (C=O) groups excluding carboxylic acids is 1. The van der Waals surface area contributed by atoms with Gasteiger partial charge in [-0.1, -0.05) is 24.3 Å². The molecule has 4 nitrogen and oxygen atoms in total. The molecule has 110 valence electrons. The first-order valence-electron chi connectivity index (χ1n) is 6.88. The molecule has 0 unspecified atom stereocenters. The van der Waals surface area contributed by atoms with Gasteiger partial charge in [-0.2, -0.15) is 0 Å². The second kappa shape index (κ2) is 6.79. The normalized spacial score (nSPS) is 10.2. The summed E-state index contributed by atoms with van der Waals surface area (Å²) in [6, 6.07) is 13.3. The number of benzene rings is 2. The van der Waals surface area contributed by atoms with Crippen molar-refractivity contribution in [2.24, 2.45) is 0 Å². The van der Waals surface area contributed by atoms with Gasteiger partial charge in [-0.25, -0.2) is 0 Å². The van der Waals surface area contributed by atoms with E-state index in [1.165, 1.54) is 0 Å². The van der Waals surface area contributed by atoms with Crippen LogP contribution in [0.25, 0.3) is 0 Å². The lowest BCUT2D eigenvalue weighted by Crippen LogP contribution is -2.27. The van der Waals surface area contributed by atoms with Gasteiger partial charge in [0.25, 0.3) is 5.91 Å². The molecule has 2 rings (SSSR count). The maximum atomic E-state index is 12.2. The Morgan fingerprint density at radius 1 is 1.19 bits per heavy atom. The van der Waals surface area contributed by atoms with Gasteiger partial charge in [-0.05, 0) is 42.7 Å². The van der Waals surface area contributed by atoms with Crippen LogP contribution in [0.5, 0.6) is 5.75 Å². The van der Waals surface area contributed by atoms with E-state index in [2.05, 4.69) is 5.32 Å². The summed E-state index contributed by atoms with van der Waals surface area (Å²) in [5.41, 5.74) is 8.97. The van der Waals surface area contributed by atoms with E-state index in [-0.39, 0.29) is 5.91 Å². The minimum absolute atomic E-state index is 0.126. The highest BCUT2D eigenvalue weighted by Gasteiger charge is 2.11.